The molecule has 1 saturated heterocycles. The molecule has 2 N–H and O–H groups in total. The third kappa shape index (κ3) is 2.51. The van der Waals surface area contributed by atoms with Gasteiger partial charge in [0.2, 0.25) is 0 Å². The van der Waals surface area contributed by atoms with Crippen LogP contribution in [-0.2, 0) is 4.79 Å². The standard InChI is InChI=1S/C11H12ClNO2S/c12-8-4-2-1-3-7(8)9-5-16-6-10(13-9)11(14)15/h1-4,9-10,13H,5-6H2,(H,14,15). The van der Waals surface area contributed by atoms with Crippen molar-refractivity contribution < 1.29 is 9.90 Å². The first-order chi connectivity index (χ1) is 7.68. The molecule has 2 rings (SSSR count). The van der Waals surface area contributed by atoms with Gasteiger partial charge in [0.25, 0.3) is 0 Å². The van der Waals surface area contributed by atoms with Crippen molar-refractivity contribution in [2.75, 3.05) is 11.5 Å². The van der Waals surface area contributed by atoms with Gasteiger partial charge in [-0.2, -0.15) is 11.8 Å². The molecule has 86 valence electrons. The summed E-state index contributed by atoms with van der Waals surface area (Å²) in [5, 5.41) is 12.8. The molecule has 0 saturated carbocycles. The molecule has 16 heavy (non-hydrogen) atoms. The Labute approximate surface area is 103 Å². The number of benzene rings is 1. The zero-order valence-electron chi connectivity index (χ0n) is 8.52. The highest BCUT2D eigenvalue weighted by atomic mass is 35.5. The van der Waals surface area contributed by atoms with Gasteiger partial charge in [-0.05, 0) is 11.6 Å². The molecule has 0 amide bonds. The predicted molar refractivity (Wildman–Crippen MR) is 66.1 cm³/mol. The average molecular weight is 258 g/mol. The van der Waals surface area contributed by atoms with E-state index >= 15 is 0 Å². The van der Waals surface area contributed by atoms with Gasteiger partial charge in [0.05, 0.1) is 0 Å². The fourth-order valence-electron chi connectivity index (χ4n) is 1.72. The maximum Gasteiger partial charge on any atom is 0.321 e. The van der Waals surface area contributed by atoms with E-state index in [2.05, 4.69) is 5.32 Å². The molecule has 1 aromatic rings. The number of nitrogens with one attached hydrogen (secondary N) is 1. The minimum absolute atomic E-state index is 0.0218. The summed E-state index contributed by atoms with van der Waals surface area (Å²) >= 11 is 7.73. The average Bonchev–Trinajstić information content (AvgIpc) is 2.30. The zero-order chi connectivity index (χ0) is 11.5. The molecule has 2 atom stereocenters. The number of rotatable bonds is 2. The first-order valence-corrected chi connectivity index (χ1v) is 6.53. The fraction of sp³-hybridized carbons (Fsp3) is 0.364. The third-order valence-electron chi connectivity index (χ3n) is 2.55. The van der Waals surface area contributed by atoms with E-state index in [0.29, 0.717) is 10.8 Å². The smallest absolute Gasteiger partial charge is 0.321 e. The van der Waals surface area contributed by atoms with Crippen molar-refractivity contribution in [1.82, 2.24) is 5.32 Å². The molecule has 0 aromatic heterocycles. The molecule has 3 nitrogen and oxygen atoms in total. The summed E-state index contributed by atoms with van der Waals surface area (Å²) in [6, 6.07) is 7.08. The van der Waals surface area contributed by atoms with Gasteiger partial charge in [-0.1, -0.05) is 29.8 Å². The van der Waals surface area contributed by atoms with Gasteiger partial charge in [0.15, 0.2) is 0 Å². The molecule has 1 heterocycles. The second kappa shape index (κ2) is 5.08. The highest BCUT2D eigenvalue weighted by Crippen LogP contribution is 2.29. The normalized spacial score (nSPS) is 25.3. The van der Waals surface area contributed by atoms with Gasteiger partial charge in [-0.3, -0.25) is 10.1 Å². The summed E-state index contributed by atoms with van der Waals surface area (Å²) in [4.78, 5) is 10.9. The number of hydrogen-bond donors (Lipinski definition) is 2. The maximum atomic E-state index is 10.9. The van der Waals surface area contributed by atoms with Crippen molar-refractivity contribution >= 4 is 29.3 Å². The lowest BCUT2D eigenvalue weighted by Gasteiger charge is -2.29. The number of carboxylic acids is 1. The minimum Gasteiger partial charge on any atom is -0.480 e. The van der Waals surface area contributed by atoms with Crippen LogP contribution < -0.4 is 5.32 Å². The van der Waals surface area contributed by atoms with E-state index in [1.165, 1.54) is 0 Å². The van der Waals surface area contributed by atoms with Crippen molar-refractivity contribution in [3.8, 4) is 0 Å². The lowest BCUT2D eigenvalue weighted by atomic mass is 10.1. The SMILES string of the molecule is O=C(O)C1CSCC(c2ccccc2Cl)N1. The summed E-state index contributed by atoms with van der Waals surface area (Å²) in [7, 11) is 0. The number of carboxylic acid groups (broad SMARTS) is 1. The van der Waals surface area contributed by atoms with Gasteiger partial charge < -0.3 is 5.11 Å². The number of halogens is 1. The number of hydrogen-bond acceptors (Lipinski definition) is 3. The van der Waals surface area contributed by atoms with E-state index in [9.17, 15) is 4.79 Å². The Kier molecular flexibility index (Phi) is 3.74. The van der Waals surface area contributed by atoms with Crippen LogP contribution in [0.4, 0.5) is 0 Å². The summed E-state index contributed by atoms with van der Waals surface area (Å²) in [5.74, 6) is 0.660. The molecular weight excluding hydrogens is 246 g/mol. The van der Waals surface area contributed by atoms with Crippen LogP contribution in [0, 0.1) is 0 Å². The second-order valence-electron chi connectivity index (χ2n) is 3.67. The Morgan fingerprint density at radius 1 is 1.44 bits per heavy atom. The van der Waals surface area contributed by atoms with E-state index in [0.717, 1.165) is 11.3 Å². The zero-order valence-corrected chi connectivity index (χ0v) is 10.1. The van der Waals surface area contributed by atoms with Gasteiger partial charge in [0, 0.05) is 22.6 Å². The molecule has 0 radical (unpaired) electrons. The molecule has 1 aliphatic heterocycles. The van der Waals surface area contributed by atoms with E-state index in [1.807, 2.05) is 24.3 Å². The Hall–Kier alpha value is -0.710. The van der Waals surface area contributed by atoms with Crippen molar-refractivity contribution in [3.63, 3.8) is 0 Å². The molecule has 1 fully saturated rings. The molecule has 0 bridgehead atoms. The Morgan fingerprint density at radius 3 is 2.88 bits per heavy atom. The lowest BCUT2D eigenvalue weighted by molar-refractivity contribution is -0.139. The number of carbonyl (C=O) groups is 1. The van der Waals surface area contributed by atoms with Crippen LogP contribution in [0.1, 0.15) is 11.6 Å². The van der Waals surface area contributed by atoms with Gasteiger partial charge in [-0.25, -0.2) is 0 Å². The quantitative estimate of drug-likeness (QED) is 0.853. The molecule has 0 aliphatic carbocycles. The summed E-state index contributed by atoms with van der Waals surface area (Å²) in [5.41, 5.74) is 0.975. The minimum atomic E-state index is -0.802. The third-order valence-corrected chi connectivity index (χ3v) is 4.03. The molecule has 5 heteroatoms. The fourth-order valence-corrected chi connectivity index (χ4v) is 3.11. The van der Waals surface area contributed by atoms with E-state index in [1.54, 1.807) is 11.8 Å². The first-order valence-electron chi connectivity index (χ1n) is 4.99. The van der Waals surface area contributed by atoms with Crippen LogP contribution in [0.15, 0.2) is 24.3 Å². The molecular formula is C11H12ClNO2S. The molecule has 1 aromatic carbocycles. The van der Waals surface area contributed by atoms with Crippen molar-refractivity contribution in [1.29, 1.82) is 0 Å². The van der Waals surface area contributed by atoms with E-state index in [-0.39, 0.29) is 6.04 Å². The monoisotopic (exact) mass is 257 g/mol. The van der Waals surface area contributed by atoms with Crippen LogP contribution >= 0.6 is 23.4 Å². The largest absolute Gasteiger partial charge is 0.480 e. The van der Waals surface area contributed by atoms with Crippen LogP contribution in [0.25, 0.3) is 0 Å². The van der Waals surface area contributed by atoms with Gasteiger partial charge in [0.1, 0.15) is 6.04 Å². The maximum absolute atomic E-state index is 10.9. The molecule has 0 spiro atoms. The molecule has 1 aliphatic rings. The summed E-state index contributed by atoms with van der Waals surface area (Å²) < 4.78 is 0. The topological polar surface area (TPSA) is 49.3 Å². The number of thioether (sulfide) groups is 1. The highest BCUT2D eigenvalue weighted by Gasteiger charge is 2.28. The lowest BCUT2D eigenvalue weighted by Crippen LogP contribution is -2.45. The first kappa shape index (κ1) is 11.8. The second-order valence-corrected chi connectivity index (χ2v) is 5.15. The van der Waals surface area contributed by atoms with Gasteiger partial charge in [-0.15, -0.1) is 0 Å². The Morgan fingerprint density at radius 2 is 2.19 bits per heavy atom. The Balaban J connectivity index is 2.16. The van der Waals surface area contributed by atoms with Crippen molar-refractivity contribution in [2.24, 2.45) is 0 Å². The number of aliphatic carboxylic acids is 1. The van der Waals surface area contributed by atoms with Crippen LogP contribution in [0.2, 0.25) is 5.02 Å². The highest BCUT2D eigenvalue weighted by molar-refractivity contribution is 7.99. The van der Waals surface area contributed by atoms with E-state index in [4.69, 9.17) is 16.7 Å². The van der Waals surface area contributed by atoms with Gasteiger partial charge >= 0.3 is 5.97 Å². The Bertz CT molecular complexity index is 399. The van der Waals surface area contributed by atoms with E-state index < -0.39 is 12.0 Å². The summed E-state index contributed by atoms with van der Waals surface area (Å²) in [6.07, 6.45) is 0. The van der Waals surface area contributed by atoms with Crippen molar-refractivity contribution in [2.45, 2.75) is 12.1 Å². The van der Waals surface area contributed by atoms with Crippen LogP contribution in [0.5, 0.6) is 0 Å². The van der Waals surface area contributed by atoms with Crippen molar-refractivity contribution in [3.05, 3.63) is 34.9 Å². The van der Waals surface area contributed by atoms with Crippen LogP contribution in [0.3, 0.4) is 0 Å². The summed E-state index contributed by atoms with van der Waals surface area (Å²) in [6.45, 7) is 0. The molecule has 2 unspecified atom stereocenters. The predicted octanol–water partition coefficient (Wildman–Crippen LogP) is 2.17. The van der Waals surface area contributed by atoms with Crippen LogP contribution in [-0.4, -0.2) is 28.6 Å².